The molecule has 25 heavy (non-hydrogen) atoms. The van der Waals surface area contributed by atoms with Crippen LogP contribution < -0.4 is 10.6 Å². The Morgan fingerprint density at radius 3 is 2.64 bits per heavy atom. The number of carbonyl (C=O) groups is 1. The monoisotopic (exact) mass is 355 g/mol. The second-order valence-corrected chi connectivity index (χ2v) is 6.35. The summed E-state index contributed by atoms with van der Waals surface area (Å²) in [5.41, 5.74) is 0.395. The molecular weight excluding hydrogens is 322 g/mol. The molecule has 7 heteroatoms. The van der Waals surface area contributed by atoms with Crippen LogP contribution in [0, 0.1) is 0 Å². The number of aromatic nitrogens is 1. The SMILES string of the molecule is CC.CCOC(CC)OCC(C)(C)c1cc(NC(=O)C2CCN2)on1. The summed E-state index contributed by atoms with van der Waals surface area (Å²) in [7, 11) is 0. The van der Waals surface area contributed by atoms with Crippen LogP contribution in [0.5, 0.6) is 0 Å². The molecule has 0 spiro atoms. The molecule has 2 atom stereocenters. The summed E-state index contributed by atoms with van der Waals surface area (Å²) in [6.07, 6.45) is 1.43. The molecule has 0 aromatic carbocycles. The molecule has 1 aliphatic heterocycles. The fourth-order valence-corrected chi connectivity index (χ4v) is 2.22. The van der Waals surface area contributed by atoms with Crippen molar-refractivity contribution < 1.29 is 18.8 Å². The minimum atomic E-state index is -0.342. The van der Waals surface area contributed by atoms with Crippen molar-refractivity contribution in [1.82, 2.24) is 10.5 Å². The summed E-state index contributed by atoms with van der Waals surface area (Å²) in [5.74, 6) is 0.277. The molecule has 2 heterocycles. The van der Waals surface area contributed by atoms with Gasteiger partial charge in [0.25, 0.3) is 0 Å². The molecule has 2 N–H and O–H groups in total. The van der Waals surface area contributed by atoms with E-state index in [4.69, 9.17) is 14.0 Å². The number of ether oxygens (including phenoxy) is 2. The highest BCUT2D eigenvalue weighted by Crippen LogP contribution is 2.26. The Morgan fingerprint density at radius 1 is 1.44 bits per heavy atom. The molecule has 1 aromatic rings. The zero-order chi connectivity index (χ0) is 18.9. The van der Waals surface area contributed by atoms with Crippen molar-refractivity contribution in [2.24, 2.45) is 0 Å². The second kappa shape index (κ2) is 10.5. The molecule has 0 bridgehead atoms. The maximum Gasteiger partial charge on any atom is 0.243 e. The van der Waals surface area contributed by atoms with E-state index >= 15 is 0 Å². The maximum atomic E-state index is 11.9. The Morgan fingerprint density at radius 2 is 2.12 bits per heavy atom. The van der Waals surface area contributed by atoms with Crippen LogP contribution in [0.25, 0.3) is 0 Å². The molecule has 0 saturated carbocycles. The lowest BCUT2D eigenvalue weighted by Gasteiger charge is -2.25. The zero-order valence-corrected chi connectivity index (χ0v) is 16.3. The Balaban J connectivity index is 0.00000151. The highest BCUT2D eigenvalue weighted by atomic mass is 16.7. The molecule has 0 aliphatic carbocycles. The van der Waals surface area contributed by atoms with E-state index in [1.165, 1.54) is 0 Å². The molecule has 1 aromatic heterocycles. The number of amides is 1. The van der Waals surface area contributed by atoms with Gasteiger partial charge in [0.1, 0.15) is 0 Å². The smallest absolute Gasteiger partial charge is 0.243 e. The quantitative estimate of drug-likeness (QED) is 0.662. The molecule has 1 fully saturated rings. The molecule has 2 rings (SSSR count). The standard InChI is InChI=1S/C16H27N3O4.C2H6/c1-5-14(21-6-2)22-10-16(3,4)12-9-13(23-19-12)18-15(20)11-7-8-17-11;1-2/h9,11,14,17H,5-8,10H2,1-4H3,(H,18,20);1-2H3. The van der Waals surface area contributed by atoms with Crippen molar-refractivity contribution in [2.45, 2.75) is 72.1 Å². The average molecular weight is 355 g/mol. The van der Waals surface area contributed by atoms with Crippen molar-refractivity contribution >= 4 is 11.8 Å². The van der Waals surface area contributed by atoms with Gasteiger partial charge in [0, 0.05) is 18.1 Å². The molecule has 0 radical (unpaired) electrons. The third-order valence-corrected chi connectivity index (χ3v) is 3.91. The van der Waals surface area contributed by atoms with Gasteiger partial charge in [0.15, 0.2) is 6.29 Å². The van der Waals surface area contributed by atoms with Crippen LogP contribution in [-0.2, 0) is 19.7 Å². The number of nitrogens with zero attached hydrogens (tertiary/aromatic N) is 1. The first kappa shape index (κ1) is 21.6. The molecule has 1 saturated heterocycles. The Bertz CT molecular complexity index is 512. The van der Waals surface area contributed by atoms with Gasteiger partial charge < -0.3 is 19.3 Å². The predicted octanol–water partition coefficient (Wildman–Crippen LogP) is 3.07. The number of anilines is 1. The topological polar surface area (TPSA) is 85.6 Å². The van der Waals surface area contributed by atoms with Crippen LogP contribution in [0.2, 0.25) is 0 Å². The molecule has 2 unspecified atom stereocenters. The van der Waals surface area contributed by atoms with Crippen LogP contribution in [0.15, 0.2) is 10.6 Å². The third kappa shape index (κ3) is 6.41. The summed E-state index contributed by atoms with van der Waals surface area (Å²) >= 11 is 0. The Kier molecular flexibility index (Phi) is 9.10. The van der Waals surface area contributed by atoms with Gasteiger partial charge in [0.05, 0.1) is 18.3 Å². The lowest BCUT2D eigenvalue weighted by atomic mass is 9.90. The van der Waals surface area contributed by atoms with E-state index in [2.05, 4.69) is 15.8 Å². The van der Waals surface area contributed by atoms with Gasteiger partial charge in [-0.05, 0) is 26.3 Å². The lowest BCUT2D eigenvalue weighted by Crippen LogP contribution is -2.50. The Labute approximate surface area is 150 Å². The Hall–Kier alpha value is -1.44. The molecule has 1 aliphatic rings. The number of hydrogen-bond acceptors (Lipinski definition) is 6. The van der Waals surface area contributed by atoms with Gasteiger partial charge in [-0.2, -0.15) is 0 Å². The minimum absolute atomic E-state index is 0.0876. The molecular formula is C18H33N3O4. The third-order valence-electron chi connectivity index (χ3n) is 3.91. The highest BCUT2D eigenvalue weighted by molar-refractivity contribution is 5.94. The number of nitrogens with one attached hydrogen (secondary N) is 2. The normalized spacial score (nSPS) is 17.9. The van der Waals surface area contributed by atoms with Gasteiger partial charge in [-0.1, -0.05) is 39.8 Å². The second-order valence-electron chi connectivity index (χ2n) is 6.35. The van der Waals surface area contributed by atoms with E-state index in [-0.39, 0.29) is 23.7 Å². The van der Waals surface area contributed by atoms with Crippen LogP contribution >= 0.6 is 0 Å². The van der Waals surface area contributed by atoms with E-state index in [1.54, 1.807) is 6.07 Å². The summed E-state index contributed by atoms with van der Waals surface area (Å²) in [5, 5.41) is 9.85. The minimum Gasteiger partial charge on any atom is -0.353 e. The van der Waals surface area contributed by atoms with Gasteiger partial charge in [-0.3, -0.25) is 10.1 Å². The van der Waals surface area contributed by atoms with Crippen LogP contribution in [0.3, 0.4) is 0 Å². The van der Waals surface area contributed by atoms with Crippen molar-refractivity contribution in [1.29, 1.82) is 0 Å². The van der Waals surface area contributed by atoms with E-state index in [0.717, 1.165) is 25.1 Å². The van der Waals surface area contributed by atoms with Crippen molar-refractivity contribution in [3.05, 3.63) is 11.8 Å². The highest BCUT2D eigenvalue weighted by Gasteiger charge is 2.29. The van der Waals surface area contributed by atoms with Crippen molar-refractivity contribution in [2.75, 3.05) is 25.1 Å². The zero-order valence-electron chi connectivity index (χ0n) is 16.3. The summed E-state index contributed by atoms with van der Waals surface area (Å²) in [6.45, 7) is 13.9. The van der Waals surface area contributed by atoms with Crippen LogP contribution in [-0.4, -0.2) is 43.2 Å². The van der Waals surface area contributed by atoms with E-state index < -0.39 is 0 Å². The van der Waals surface area contributed by atoms with Gasteiger partial charge >= 0.3 is 0 Å². The first-order valence-electron chi connectivity index (χ1n) is 9.21. The molecule has 1 amide bonds. The fourth-order valence-electron chi connectivity index (χ4n) is 2.22. The van der Waals surface area contributed by atoms with Crippen LogP contribution in [0.1, 0.15) is 60.1 Å². The van der Waals surface area contributed by atoms with Crippen LogP contribution in [0.4, 0.5) is 5.88 Å². The largest absolute Gasteiger partial charge is 0.353 e. The van der Waals surface area contributed by atoms with Crippen molar-refractivity contribution in [3.63, 3.8) is 0 Å². The fraction of sp³-hybridized carbons (Fsp3) is 0.778. The molecule has 7 nitrogen and oxygen atoms in total. The first-order chi connectivity index (χ1) is 12.0. The predicted molar refractivity (Wildman–Crippen MR) is 97.6 cm³/mol. The van der Waals surface area contributed by atoms with Gasteiger partial charge in [-0.15, -0.1) is 0 Å². The van der Waals surface area contributed by atoms with E-state index in [1.807, 2.05) is 41.5 Å². The number of hydrogen-bond donors (Lipinski definition) is 2. The maximum absolute atomic E-state index is 11.9. The number of carbonyl (C=O) groups excluding carboxylic acids is 1. The number of rotatable bonds is 9. The summed E-state index contributed by atoms with van der Waals surface area (Å²) in [4.78, 5) is 11.9. The summed E-state index contributed by atoms with van der Waals surface area (Å²) < 4.78 is 16.5. The van der Waals surface area contributed by atoms with E-state index in [9.17, 15) is 4.79 Å². The summed E-state index contributed by atoms with van der Waals surface area (Å²) in [6, 6.07) is 1.62. The lowest BCUT2D eigenvalue weighted by molar-refractivity contribution is -0.149. The van der Waals surface area contributed by atoms with Gasteiger partial charge in [0.2, 0.25) is 11.8 Å². The van der Waals surface area contributed by atoms with E-state index in [0.29, 0.717) is 19.1 Å². The molecule has 144 valence electrons. The van der Waals surface area contributed by atoms with Gasteiger partial charge in [-0.25, -0.2) is 0 Å². The average Bonchev–Trinajstić information content (AvgIpc) is 3.01. The first-order valence-corrected chi connectivity index (χ1v) is 9.21. The van der Waals surface area contributed by atoms with Crippen molar-refractivity contribution in [3.8, 4) is 0 Å².